The molecule has 0 aliphatic carbocycles. The second-order valence-corrected chi connectivity index (χ2v) is 6.51. The van der Waals surface area contributed by atoms with Gasteiger partial charge in [-0.25, -0.2) is 4.39 Å². The summed E-state index contributed by atoms with van der Waals surface area (Å²) in [5.74, 6) is -0.272. The summed E-state index contributed by atoms with van der Waals surface area (Å²) in [5, 5.41) is 16.1. The smallest absolute Gasteiger partial charge is 0.123 e. The third kappa shape index (κ3) is 2.69. The van der Waals surface area contributed by atoms with Crippen molar-refractivity contribution in [3.05, 3.63) is 51.4 Å². The number of nitrogens with zero attached hydrogens (tertiary/aromatic N) is 2. The fourth-order valence-electron chi connectivity index (χ4n) is 2.38. The van der Waals surface area contributed by atoms with Crippen LogP contribution in [0.15, 0.2) is 24.3 Å². The second kappa shape index (κ2) is 5.40. The van der Waals surface area contributed by atoms with Crippen LogP contribution >= 0.6 is 22.9 Å². The number of aromatic nitrogens is 2. The van der Waals surface area contributed by atoms with Gasteiger partial charge in [0, 0.05) is 23.0 Å². The Morgan fingerprint density at radius 3 is 2.86 bits per heavy atom. The van der Waals surface area contributed by atoms with Gasteiger partial charge in [0.05, 0.1) is 22.5 Å². The Morgan fingerprint density at radius 2 is 2.19 bits per heavy atom. The van der Waals surface area contributed by atoms with Crippen molar-refractivity contribution in [2.45, 2.75) is 19.4 Å². The van der Waals surface area contributed by atoms with E-state index in [1.165, 1.54) is 23.5 Å². The summed E-state index contributed by atoms with van der Waals surface area (Å²) in [5.41, 5.74) is 1.55. The van der Waals surface area contributed by atoms with Crippen LogP contribution in [0.2, 0.25) is 5.02 Å². The van der Waals surface area contributed by atoms with Crippen LogP contribution < -0.4 is 0 Å². The van der Waals surface area contributed by atoms with E-state index in [1.807, 2.05) is 13.0 Å². The van der Waals surface area contributed by atoms with E-state index in [0.717, 1.165) is 26.4 Å². The summed E-state index contributed by atoms with van der Waals surface area (Å²) in [7, 11) is 1.81. The molecule has 6 heteroatoms. The molecule has 0 fully saturated rings. The number of benzene rings is 1. The van der Waals surface area contributed by atoms with E-state index in [0.29, 0.717) is 11.4 Å². The van der Waals surface area contributed by atoms with Gasteiger partial charge in [-0.1, -0.05) is 11.6 Å². The average Bonchev–Trinajstić information content (AvgIpc) is 2.95. The Morgan fingerprint density at radius 1 is 1.43 bits per heavy atom. The zero-order valence-electron chi connectivity index (χ0n) is 11.6. The van der Waals surface area contributed by atoms with Crippen LogP contribution in [0, 0.1) is 12.7 Å². The Kier molecular flexibility index (Phi) is 3.73. The molecule has 0 aliphatic heterocycles. The van der Waals surface area contributed by atoms with Crippen molar-refractivity contribution in [3.63, 3.8) is 0 Å². The lowest BCUT2D eigenvalue weighted by molar-refractivity contribution is 0.179. The molecule has 0 aliphatic rings. The van der Waals surface area contributed by atoms with E-state index in [-0.39, 0.29) is 5.82 Å². The predicted octanol–water partition coefficient (Wildman–Crippen LogP) is 4.01. The van der Waals surface area contributed by atoms with E-state index < -0.39 is 6.10 Å². The molecule has 21 heavy (non-hydrogen) atoms. The van der Waals surface area contributed by atoms with Crippen molar-refractivity contribution < 1.29 is 9.50 Å². The normalized spacial score (nSPS) is 13.0. The first kappa shape index (κ1) is 14.5. The number of hydrogen-bond donors (Lipinski definition) is 1. The average molecular weight is 325 g/mol. The van der Waals surface area contributed by atoms with Gasteiger partial charge in [-0.3, -0.25) is 4.68 Å². The molecule has 0 bridgehead atoms. The number of aliphatic hydroxyl groups is 1. The predicted molar refractivity (Wildman–Crippen MR) is 83.4 cm³/mol. The lowest BCUT2D eigenvalue weighted by atomic mass is 10.1. The topological polar surface area (TPSA) is 38.0 Å². The third-order valence-electron chi connectivity index (χ3n) is 3.47. The molecule has 0 saturated carbocycles. The molecule has 1 N–H and O–H groups in total. The van der Waals surface area contributed by atoms with Crippen molar-refractivity contribution in [2.75, 3.05) is 0 Å². The first-order valence-electron chi connectivity index (χ1n) is 6.50. The zero-order chi connectivity index (χ0) is 15.1. The van der Waals surface area contributed by atoms with Gasteiger partial charge in [-0.15, -0.1) is 11.3 Å². The Bertz CT molecular complexity index is 811. The molecule has 1 unspecified atom stereocenters. The van der Waals surface area contributed by atoms with Crippen LogP contribution in [-0.4, -0.2) is 14.9 Å². The third-order valence-corrected chi connectivity index (χ3v) is 5.18. The highest BCUT2D eigenvalue weighted by Gasteiger charge is 2.18. The molecule has 2 aromatic heterocycles. The van der Waals surface area contributed by atoms with Gasteiger partial charge in [0.15, 0.2) is 0 Å². The first-order valence-corrected chi connectivity index (χ1v) is 7.70. The maximum Gasteiger partial charge on any atom is 0.123 e. The molecule has 0 radical (unpaired) electrons. The minimum atomic E-state index is -0.683. The first-order chi connectivity index (χ1) is 9.95. The van der Waals surface area contributed by atoms with Crippen molar-refractivity contribution in [1.29, 1.82) is 0 Å². The molecule has 3 aromatic rings. The number of hydrogen-bond acceptors (Lipinski definition) is 3. The van der Waals surface area contributed by atoms with E-state index in [2.05, 4.69) is 5.10 Å². The van der Waals surface area contributed by atoms with Crippen LogP contribution in [0.1, 0.15) is 22.4 Å². The summed E-state index contributed by atoms with van der Waals surface area (Å²) < 4.78 is 15.9. The fraction of sp³-hybridized carbons (Fsp3) is 0.267. The van der Waals surface area contributed by atoms with E-state index in [1.54, 1.807) is 17.8 Å². The summed E-state index contributed by atoms with van der Waals surface area (Å²) in [6.45, 7) is 1.83. The van der Waals surface area contributed by atoms with Crippen molar-refractivity contribution in [3.8, 4) is 0 Å². The highest BCUT2D eigenvalue weighted by Crippen LogP contribution is 2.33. The monoisotopic (exact) mass is 324 g/mol. The SMILES string of the molecule is Cc1nn(C)c(CC(O)c2cc3cc(F)ccc3s2)c1Cl. The largest absolute Gasteiger partial charge is 0.387 e. The molecule has 110 valence electrons. The van der Waals surface area contributed by atoms with Crippen LogP contribution in [0.5, 0.6) is 0 Å². The highest BCUT2D eigenvalue weighted by atomic mass is 35.5. The Balaban J connectivity index is 1.91. The van der Waals surface area contributed by atoms with Gasteiger partial charge in [0.1, 0.15) is 5.82 Å². The van der Waals surface area contributed by atoms with E-state index >= 15 is 0 Å². The number of fused-ring (bicyclic) bond motifs is 1. The number of rotatable bonds is 3. The van der Waals surface area contributed by atoms with E-state index in [4.69, 9.17) is 11.6 Å². The maximum atomic E-state index is 13.2. The Labute approximate surface area is 130 Å². The van der Waals surface area contributed by atoms with Crippen LogP contribution in [0.25, 0.3) is 10.1 Å². The fourth-order valence-corrected chi connectivity index (χ4v) is 3.65. The maximum absolute atomic E-state index is 13.2. The summed E-state index contributed by atoms with van der Waals surface area (Å²) >= 11 is 7.67. The molecule has 0 spiro atoms. The van der Waals surface area contributed by atoms with Crippen molar-refractivity contribution >= 4 is 33.0 Å². The van der Waals surface area contributed by atoms with Gasteiger partial charge in [0.25, 0.3) is 0 Å². The van der Waals surface area contributed by atoms with Crippen molar-refractivity contribution in [2.24, 2.45) is 7.05 Å². The molecule has 2 heterocycles. The van der Waals surface area contributed by atoms with E-state index in [9.17, 15) is 9.50 Å². The molecule has 3 nitrogen and oxygen atoms in total. The molecule has 1 atom stereocenters. The van der Waals surface area contributed by atoms with Crippen LogP contribution in [0.3, 0.4) is 0 Å². The minimum absolute atomic E-state index is 0.272. The summed E-state index contributed by atoms with van der Waals surface area (Å²) in [6.07, 6.45) is -0.302. The lowest BCUT2D eigenvalue weighted by Crippen LogP contribution is -2.05. The van der Waals surface area contributed by atoms with Crippen LogP contribution in [-0.2, 0) is 13.5 Å². The molecular formula is C15H14ClFN2OS. The number of aliphatic hydroxyl groups excluding tert-OH is 1. The van der Waals surface area contributed by atoms with Gasteiger partial charge in [-0.2, -0.15) is 5.10 Å². The summed E-state index contributed by atoms with van der Waals surface area (Å²) in [6, 6.07) is 6.46. The number of aryl methyl sites for hydroxylation is 2. The quantitative estimate of drug-likeness (QED) is 0.790. The summed E-state index contributed by atoms with van der Waals surface area (Å²) in [4.78, 5) is 0.797. The number of halogens is 2. The molecular weight excluding hydrogens is 311 g/mol. The van der Waals surface area contributed by atoms with Gasteiger partial charge in [0.2, 0.25) is 0 Å². The highest BCUT2D eigenvalue weighted by molar-refractivity contribution is 7.19. The Hall–Kier alpha value is -1.43. The molecule has 3 rings (SSSR count). The minimum Gasteiger partial charge on any atom is -0.387 e. The molecule has 1 aromatic carbocycles. The van der Waals surface area contributed by atoms with Crippen molar-refractivity contribution in [1.82, 2.24) is 9.78 Å². The second-order valence-electron chi connectivity index (χ2n) is 5.02. The molecule has 0 saturated heterocycles. The van der Waals surface area contributed by atoms with Gasteiger partial charge in [-0.05, 0) is 36.6 Å². The van der Waals surface area contributed by atoms with Gasteiger partial charge >= 0.3 is 0 Å². The zero-order valence-corrected chi connectivity index (χ0v) is 13.2. The molecule has 0 amide bonds. The standard InChI is InChI=1S/C15H14ClFN2OS/c1-8-15(16)11(19(2)18-8)7-12(20)14-6-9-5-10(17)3-4-13(9)21-14/h3-6,12,20H,7H2,1-2H3. The number of thiophene rings is 1. The van der Waals surface area contributed by atoms with Gasteiger partial charge < -0.3 is 5.11 Å². The lowest BCUT2D eigenvalue weighted by Gasteiger charge is -2.09. The van der Waals surface area contributed by atoms with Crippen LogP contribution in [0.4, 0.5) is 4.39 Å².